The topological polar surface area (TPSA) is 80.9 Å². The van der Waals surface area contributed by atoms with Gasteiger partial charge in [-0.25, -0.2) is 0 Å². The average molecular weight is 362 g/mol. The first-order valence-electron chi connectivity index (χ1n) is 7.58. The Kier molecular flexibility index (Phi) is 4.97. The van der Waals surface area contributed by atoms with E-state index >= 15 is 0 Å². The van der Waals surface area contributed by atoms with Gasteiger partial charge in [0.1, 0.15) is 6.42 Å². The lowest BCUT2D eigenvalue weighted by atomic mass is 10.1. The minimum absolute atomic E-state index is 0.162. The molecule has 9 heteroatoms. The molecule has 26 heavy (non-hydrogen) atoms. The summed E-state index contributed by atoms with van der Waals surface area (Å²) in [6, 6.07) is 10.00. The van der Waals surface area contributed by atoms with Crippen LogP contribution in [0.5, 0.6) is 0 Å². The standard InChI is InChI=1S/C17H13F3N4O2/c18-17(19,20)9-14(25)22-13-6-2-1-4-11(13)8-15-23-16(24-26-15)12-5-3-7-21-10-12/h1-7,10H,8-9H2,(H,22,25). The average Bonchev–Trinajstić information content (AvgIpc) is 3.04. The van der Waals surface area contributed by atoms with Crippen molar-refractivity contribution in [2.75, 3.05) is 5.32 Å². The van der Waals surface area contributed by atoms with Crippen LogP contribution in [0.15, 0.2) is 53.3 Å². The SMILES string of the molecule is O=C(CC(F)(F)F)Nc1ccccc1Cc1nc(-c2cccnc2)no1. The number of amides is 1. The van der Waals surface area contributed by atoms with Crippen LogP contribution in [0, 0.1) is 0 Å². The van der Waals surface area contributed by atoms with Gasteiger partial charge in [0, 0.05) is 23.6 Å². The summed E-state index contributed by atoms with van der Waals surface area (Å²) in [5.41, 5.74) is 1.50. The minimum atomic E-state index is -4.57. The van der Waals surface area contributed by atoms with E-state index < -0.39 is 18.5 Å². The van der Waals surface area contributed by atoms with Gasteiger partial charge in [-0.2, -0.15) is 18.2 Å². The van der Waals surface area contributed by atoms with E-state index in [4.69, 9.17) is 4.52 Å². The minimum Gasteiger partial charge on any atom is -0.339 e. The molecule has 0 bridgehead atoms. The molecule has 0 atom stereocenters. The molecule has 2 aromatic heterocycles. The normalized spacial score (nSPS) is 11.3. The summed E-state index contributed by atoms with van der Waals surface area (Å²) in [5, 5.41) is 6.13. The van der Waals surface area contributed by atoms with Crippen LogP contribution in [0.1, 0.15) is 17.9 Å². The van der Waals surface area contributed by atoms with Crippen molar-refractivity contribution in [1.29, 1.82) is 0 Å². The van der Waals surface area contributed by atoms with Gasteiger partial charge in [0.25, 0.3) is 0 Å². The van der Waals surface area contributed by atoms with Crippen molar-refractivity contribution in [3.05, 3.63) is 60.2 Å². The molecule has 3 rings (SSSR count). The molecule has 0 aliphatic rings. The number of nitrogens with zero attached hydrogens (tertiary/aromatic N) is 3. The molecule has 0 saturated heterocycles. The highest BCUT2D eigenvalue weighted by molar-refractivity contribution is 5.91. The van der Waals surface area contributed by atoms with E-state index in [0.717, 1.165) is 0 Å². The largest absolute Gasteiger partial charge is 0.397 e. The second-order valence-corrected chi connectivity index (χ2v) is 5.43. The maximum Gasteiger partial charge on any atom is 0.397 e. The van der Waals surface area contributed by atoms with Crippen molar-refractivity contribution in [2.45, 2.75) is 19.0 Å². The number of halogens is 3. The van der Waals surface area contributed by atoms with Crippen molar-refractivity contribution in [2.24, 2.45) is 0 Å². The first kappa shape index (κ1) is 17.6. The molecular formula is C17H13F3N4O2. The number of hydrogen-bond donors (Lipinski definition) is 1. The molecule has 0 radical (unpaired) electrons. The smallest absolute Gasteiger partial charge is 0.339 e. The predicted molar refractivity (Wildman–Crippen MR) is 86.1 cm³/mol. The number of carbonyl (C=O) groups is 1. The monoisotopic (exact) mass is 362 g/mol. The van der Waals surface area contributed by atoms with Gasteiger partial charge in [0.15, 0.2) is 0 Å². The first-order chi connectivity index (χ1) is 12.4. The molecule has 2 heterocycles. The molecule has 0 aliphatic carbocycles. The summed E-state index contributed by atoms with van der Waals surface area (Å²) >= 11 is 0. The molecule has 1 N–H and O–H groups in total. The van der Waals surface area contributed by atoms with Gasteiger partial charge in [-0.05, 0) is 23.8 Å². The summed E-state index contributed by atoms with van der Waals surface area (Å²) in [6.07, 6.45) is -2.75. The van der Waals surface area contributed by atoms with E-state index in [9.17, 15) is 18.0 Å². The van der Waals surface area contributed by atoms with Gasteiger partial charge in [0.05, 0.1) is 6.42 Å². The highest BCUT2D eigenvalue weighted by Crippen LogP contribution is 2.23. The predicted octanol–water partition coefficient (Wildman–Crippen LogP) is 3.61. The molecule has 134 valence electrons. The summed E-state index contributed by atoms with van der Waals surface area (Å²) in [4.78, 5) is 19.7. The van der Waals surface area contributed by atoms with E-state index in [2.05, 4.69) is 20.4 Å². The van der Waals surface area contributed by atoms with Crippen molar-refractivity contribution in [3.63, 3.8) is 0 Å². The molecule has 6 nitrogen and oxygen atoms in total. The fourth-order valence-electron chi connectivity index (χ4n) is 2.27. The molecule has 0 aliphatic heterocycles. The summed E-state index contributed by atoms with van der Waals surface area (Å²) < 4.78 is 42.1. The van der Waals surface area contributed by atoms with Crippen molar-refractivity contribution >= 4 is 11.6 Å². The summed E-state index contributed by atoms with van der Waals surface area (Å²) in [6.45, 7) is 0. The first-order valence-corrected chi connectivity index (χ1v) is 7.58. The van der Waals surface area contributed by atoms with Gasteiger partial charge in [-0.1, -0.05) is 23.4 Å². The fourth-order valence-corrected chi connectivity index (χ4v) is 2.27. The third-order valence-electron chi connectivity index (χ3n) is 3.38. The number of pyridine rings is 1. The van der Waals surface area contributed by atoms with Crippen molar-refractivity contribution < 1.29 is 22.5 Å². The van der Waals surface area contributed by atoms with E-state index in [-0.39, 0.29) is 18.0 Å². The zero-order valence-corrected chi connectivity index (χ0v) is 13.3. The van der Waals surface area contributed by atoms with Crippen molar-refractivity contribution in [3.8, 4) is 11.4 Å². The molecule has 0 fully saturated rings. The number of benzene rings is 1. The highest BCUT2D eigenvalue weighted by Gasteiger charge is 2.31. The number of carbonyl (C=O) groups excluding carboxylic acids is 1. The number of nitrogens with one attached hydrogen (secondary N) is 1. The van der Waals surface area contributed by atoms with Crippen LogP contribution in [-0.4, -0.2) is 27.2 Å². The number of alkyl halides is 3. The molecule has 0 unspecified atom stereocenters. The Morgan fingerprint density at radius 3 is 2.69 bits per heavy atom. The van der Waals surface area contributed by atoms with E-state index in [0.29, 0.717) is 17.0 Å². The quantitative estimate of drug-likeness (QED) is 0.750. The van der Waals surface area contributed by atoms with Crippen LogP contribution in [0.25, 0.3) is 11.4 Å². The van der Waals surface area contributed by atoms with Crippen LogP contribution in [-0.2, 0) is 11.2 Å². The fraction of sp³-hybridized carbons (Fsp3) is 0.176. The van der Waals surface area contributed by atoms with E-state index in [1.807, 2.05) is 0 Å². The number of anilines is 1. The molecule has 3 aromatic rings. The maximum atomic E-state index is 12.3. The highest BCUT2D eigenvalue weighted by atomic mass is 19.4. The second kappa shape index (κ2) is 7.34. The van der Waals surface area contributed by atoms with E-state index in [1.54, 1.807) is 42.7 Å². The van der Waals surface area contributed by atoms with Crippen LogP contribution in [0.4, 0.5) is 18.9 Å². The number of aromatic nitrogens is 3. The lowest BCUT2D eigenvalue weighted by molar-refractivity contribution is -0.150. The molecule has 0 spiro atoms. The Hall–Kier alpha value is -3.23. The van der Waals surface area contributed by atoms with Crippen LogP contribution < -0.4 is 5.32 Å². The van der Waals surface area contributed by atoms with Gasteiger partial charge in [0.2, 0.25) is 17.6 Å². The summed E-state index contributed by atoms with van der Waals surface area (Å²) in [5.74, 6) is -0.514. The van der Waals surface area contributed by atoms with Gasteiger partial charge in [-0.15, -0.1) is 0 Å². The third-order valence-corrected chi connectivity index (χ3v) is 3.38. The van der Waals surface area contributed by atoms with Gasteiger partial charge >= 0.3 is 6.18 Å². The number of para-hydroxylation sites is 1. The molecular weight excluding hydrogens is 349 g/mol. The third kappa shape index (κ3) is 4.65. The molecule has 1 amide bonds. The Balaban J connectivity index is 1.75. The van der Waals surface area contributed by atoms with Crippen LogP contribution in [0.2, 0.25) is 0 Å². The lowest BCUT2D eigenvalue weighted by Crippen LogP contribution is -2.21. The van der Waals surface area contributed by atoms with Gasteiger partial charge < -0.3 is 9.84 Å². The van der Waals surface area contributed by atoms with Crippen LogP contribution >= 0.6 is 0 Å². The van der Waals surface area contributed by atoms with E-state index in [1.165, 1.54) is 6.07 Å². The Morgan fingerprint density at radius 2 is 1.96 bits per heavy atom. The molecule has 0 saturated carbocycles. The Morgan fingerprint density at radius 1 is 1.15 bits per heavy atom. The second-order valence-electron chi connectivity index (χ2n) is 5.43. The lowest BCUT2D eigenvalue weighted by Gasteiger charge is -2.11. The summed E-state index contributed by atoms with van der Waals surface area (Å²) in [7, 11) is 0. The maximum absolute atomic E-state index is 12.3. The zero-order valence-electron chi connectivity index (χ0n) is 13.3. The van der Waals surface area contributed by atoms with Crippen molar-refractivity contribution in [1.82, 2.24) is 15.1 Å². The number of rotatable bonds is 5. The van der Waals surface area contributed by atoms with Crippen LogP contribution in [0.3, 0.4) is 0 Å². The zero-order chi connectivity index (χ0) is 18.6. The van der Waals surface area contributed by atoms with Gasteiger partial charge in [-0.3, -0.25) is 9.78 Å². The Labute approximate surface area is 146 Å². The number of hydrogen-bond acceptors (Lipinski definition) is 5. The Bertz CT molecular complexity index is 894. The molecule has 1 aromatic carbocycles.